The second-order valence-electron chi connectivity index (χ2n) is 27.7. The molecule has 0 atom stereocenters. The third-order valence-electron chi connectivity index (χ3n) is 18.3. The smallest absolute Gasteiger partial charge is 0.252 e. The van der Waals surface area contributed by atoms with Crippen molar-refractivity contribution in [3.63, 3.8) is 0 Å². The summed E-state index contributed by atoms with van der Waals surface area (Å²) < 4.78 is 0. The number of rotatable bonds is 6. The van der Waals surface area contributed by atoms with Crippen LogP contribution < -0.4 is 31.1 Å². The minimum atomic E-state index is -0.0729. The van der Waals surface area contributed by atoms with E-state index in [1.165, 1.54) is 107 Å². The van der Waals surface area contributed by atoms with Gasteiger partial charge in [0, 0.05) is 45.4 Å². The normalized spacial score (nSPS) is 17.3. The van der Waals surface area contributed by atoms with Crippen LogP contribution in [0.2, 0.25) is 0 Å². The van der Waals surface area contributed by atoms with Gasteiger partial charge in [0.2, 0.25) is 0 Å². The maximum Gasteiger partial charge on any atom is 0.252 e. The lowest BCUT2D eigenvalue weighted by Crippen LogP contribution is -2.62. The van der Waals surface area contributed by atoms with E-state index in [1.54, 1.807) is 0 Å². The van der Waals surface area contributed by atoms with Crippen molar-refractivity contribution >= 4 is 74.3 Å². The summed E-state index contributed by atoms with van der Waals surface area (Å²) in [6, 6.07) is 63.6. The van der Waals surface area contributed by atoms with Crippen LogP contribution in [0.4, 0.5) is 51.2 Å². The van der Waals surface area contributed by atoms with Crippen molar-refractivity contribution in [1.82, 2.24) is 0 Å². The van der Waals surface area contributed by atoms with Gasteiger partial charge in [0.05, 0.1) is 11.4 Å². The fraction of sp³-hybridized carbons (Fsp3) is 0.333. The van der Waals surface area contributed by atoms with Gasteiger partial charge in [-0.1, -0.05) is 194 Å². The highest BCUT2D eigenvalue weighted by atomic mass is 15.2. The number of hydrogen-bond acceptors (Lipinski definition) is 3. The minimum Gasteiger partial charge on any atom is -0.311 e. The van der Waals surface area contributed by atoms with E-state index < -0.39 is 0 Å². The molecule has 2 heterocycles. The lowest BCUT2D eigenvalue weighted by molar-refractivity contribution is 0.332. The average molecular weight is 996 g/mol. The summed E-state index contributed by atoms with van der Waals surface area (Å²) in [6.45, 7) is 36.3. The molecule has 0 radical (unpaired) electrons. The summed E-state index contributed by atoms with van der Waals surface area (Å²) >= 11 is 0. The van der Waals surface area contributed by atoms with Crippen LogP contribution in [0.5, 0.6) is 0 Å². The molecule has 0 fully saturated rings. The van der Waals surface area contributed by atoms with Crippen molar-refractivity contribution in [3.05, 3.63) is 203 Å². The Kier molecular flexibility index (Phi) is 11.3. The van der Waals surface area contributed by atoms with Crippen LogP contribution in [0.1, 0.15) is 155 Å². The maximum absolute atomic E-state index is 2.74. The Morgan fingerprint density at radius 2 is 0.855 bits per heavy atom. The third kappa shape index (κ3) is 7.98. The fourth-order valence-corrected chi connectivity index (χ4v) is 14.2. The van der Waals surface area contributed by atoms with Gasteiger partial charge in [-0.15, -0.1) is 0 Å². The van der Waals surface area contributed by atoms with Gasteiger partial charge in [-0.25, -0.2) is 0 Å². The first-order valence-electron chi connectivity index (χ1n) is 28.2. The highest BCUT2D eigenvalue weighted by Gasteiger charge is 2.49. The Labute approximate surface area is 456 Å². The van der Waals surface area contributed by atoms with Crippen LogP contribution in [-0.2, 0) is 32.5 Å². The first kappa shape index (κ1) is 50.1. The average Bonchev–Trinajstić information content (AvgIpc) is 3.67. The van der Waals surface area contributed by atoms with Crippen LogP contribution in [0.3, 0.4) is 0 Å². The lowest BCUT2D eigenvalue weighted by atomic mass is 9.33. The Balaban J connectivity index is 1.28. The predicted octanol–water partition coefficient (Wildman–Crippen LogP) is 18.1. The molecule has 8 aromatic rings. The minimum absolute atomic E-state index is 0.00501. The van der Waals surface area contributed by atoms with E-state index in [0.717, 1.165) is 29.9 Å². The van der Waals surface area contributed by atoms with E-state index in [1.807, 2.05) is 0 Å². The summed E-state index contributed by atoms with van der Waals surface area (Å²) in [7, 11) is 0. The molecule has 0 unspecified atom stereocenters. The largest absolute Gasteiger partial charge is 0.311 e. The summed E-state index contributed by atoms with van der Waals surface area (Å²) in [4.78, 5) is 7.89. The van der Waals surface area contributed by atoms with Crippen LogP contribution in [0.25, 0.3) is 11.1 Å². The topological polar surface area (TPSA) is 9.72 Å². The number of hydrogen-bond donors (Lipinski definition) is 0. The third-order valence-corrected chi connectivity index (χ3v) is 18.3. The number of anilines is 9. The summed E-state index contributed by atoms with van der Waals surface area (Å²) in [5.74, 6) is 0. The van der Waals surface area contributed by atoms with E-state index in [4.69, 9.17) is 0 Å². The van der Waals surface area contributed by atoms with Crippen molar-refractivity contribution in [3.8, 4) is 11.1 Å². The maximum atomic E-state index is 2.74. The summed E-state index contributed by atoms with van der Waals surface area (Å²) in [5, 5.41) is 0. The quantitative estimate of drug-likeness (QED) is 0.154. The molecule has 12 rings (SSSR count). The van der Waals surface area contributed by atoms with Gasteiger partial charge >= 0.3 is 0 Å². The Morgan fingerprint density at radius 1 is 0.408 bits per heavy atom. The van der Waals surface area contributed by atoms with Gasteiger partial charge in [-0.05, 0) is 186 Å². The van der Waals surface area contributed by atoms with Gasteiger partial charge < -0.3 is 14.7 Å². The molecule has 76 heavy (non-hydrogen) atoms. The molecule has 0 amide bonds. The molecule has 0 N–H and O–H groups in total. The molecule has 0 bridgehead atoms. The van der Waals surface area contributed by atoms with Crippen molar-refractivity contribution in [2.24, 2.45) is 0 Å². The van der Waals surface area contributed by atoms with Crippen LogP contribution in [0.15, 0.2) is 164 Å². The molecule has 0 saturated heterocycles. The number of para-hydroxylation sites is 2. The van der Waals surface area contributed by atoms with Gasteiger partial charge in [-0.3, -0.25) is 0 Å². The SMILES string of the molecule is Cc1cc2c(cc1N1c3cc4c(cc3B3c5cc(C(C)(C)C)ccc5N(c5ccc(C(C)(C)C)cc5-c5ccccc5)c5cc(N(c6ccccc6)c6ccccc6)cc1c53)C(C)(C)CC4(C)C)C(C)(C)CCC2(C)C. The van der Waals surface area contributed by atoms with E-state index in [0.29, 0.717) is 0 Å². The highest BCUT2D eigenvalue weighted by Crippen LogP contribution is 2.56. The second-order valence-corrected chi connectivity index (χ2v) is 27.7. The Hall–Kier alpha value is -6.78. The number of fused-ring (bicyclic) bond motifs is 6. The molecule has 3 nitrogen and oxygen atoms in total. The van der Waals surface area contributed by atoms with Crippen LogP contribution in [-0.4, -0.2) is 6.71 Å². The zero-order valence-electron chi connectivity index (χ0n) is 48.1. The standard InChI is InChI=1S/C72H78BN3/c1-46-37-54-56(70(10,11)36-35-69(54,8)9)43-62(46)76-63-44-57-55(71(12,13)45-72(57,14)15)42-59(63)73-58-39-49(68(5,6)7)32-34-61(58)75(60-33-31-48(67(2,3)4)38-53(60)47-25-19-16-20-26-47)64-40-52(41-65(76)66(64)73)74(50-27-21-17-22-28-50)51-29-23-18-24-30-51/h16-34,37-44H,35-36,45H2,1-15H3. The van der Waals surface area contributed by atoms with Crippen LogP contribution >= 0.6 is 0 Å². The van der Waals surface area contributed by atoms with E-state index in [2.05, 4.69) is 282 Å². The van der Waals surface area contributed by atoms with E-state index in [-0.39, 0.29) is 39.2 Å². The molecule has 0 aromatic heterocycles. The molecule has 2 aliphatic heterocycles. The van der Waals surface area contributed by atoms with Crippen molar-refractivity contribution < 1.29 is 0 Å². The zero-order chi connectivity index (χ0) is 53.6. The van der Waals surface area contributed by atoms with E-state index in [9.17, 15) is 0 Å². The van der Waals surface area contributed by atoms with Gasteiger partial charge in [0.1, 0.15) is 0 Å². The van der Waals surface area contributed by atoms with E-state index >= 15 is 0 Å². The number of aryl methyl sites for hydroxylation is 1. The molecule has 4 aliphatic rings. The predicted molar refractivity (Wildman–Crippen MR) is 329 cm³/mol. The fourth-order valence-electron chi connectivity index (χ4n) is 14.2. The highest BCUT2D eigenvalue weighted by molar-refractivity contribution is 7.00. The number of nitrogens with zero attached hydrogens (tertiary/aromatic N) is 3. The second kappa shape index (κ2) is 17.1. The monoisotopic (exact) mass is 996 g/mol. The summed E-state index contributed by atoms with van der Waals surface area (Å²) in [6.07, 6.45) is 3.42. The first-order valence-corrected chi connectivity index (χ1v) is 28.2. The van der Waals surface area contributed by atoms with Crippen molar-refractivity contribution in [1.29, 1.82) is 0 Å². The zero-order valence-corrected chi connectivity index (χ0v) is 48.1. The lowest BCUT2D eigenvalue weighted by Gasteiger charge is -2.47. The van der Waals surface area contributed by atoms with Gasteiger partial charge in [-0.2, -0.15) is 0 Å². The molecule has 0 spiro atoms. The van der Waals surface area contributed by atoms with Gasteiger partial charge in [0.15, 0.2) is 0 Å². The molecule has 8 aromatic carbocycles. The first-order chi connectivity index (χ1) is 35.8. The molecule has 4 heteroatoms. The van der Waals surface area contributed by atoms with Crippen molar-refractivity contribution in [2.75, 3.05) is 14.7 Å². The molecular weight excluding hydrogens is 918 g/mol. The Morgan fingerprint density at radius 3 is 1.41 bits per heavy atom. The summed E-state index contributed by atoms with van der Waals surface area (Å²) in [5.41, 5.74) is 27.2. The molecule has 384 valence electrons. The molecular formula is C72H78BN3. The van der Waals surface area contributed by atoms with Crippen LogP contribution in [0, 0.1) is 6.92 Å². The molecule has 2 aliphatic carbocycles. The Bertz CT molecular complexity index is 3570. The van der Waals surface area contributed by atoms with Gasteiger partial charge in [0.25, 0.3) is 6.71 Å². The number of benzene rings is 8. The molecule has 0 saturated carbocycles. The van der Waals surface area contributed by atoms with Crippen molar-refractivity contribution in [2.45, 2.75) is 156 Å².